The summed E-state index contributed by atoms with van der Waals surface area (Å²) >= 11 is 0. The van der Waals surface area contributed by atoms with Crippen LogP contribution in [0.1, 0.15) is 20.8 Å². The predicted octanol–water partition coefficient (Wildman–Crippen LogP) is 3.27. The third kappa shape index (κ3) is 4.24. The summed E-state index contributed by atoms with van der Waals surface area (Å²) < 4.78 is 9.99. The fraction of sp³-hybridized carbons (Fsp3) is 0.100. The highest BCUT2D eigenvalue weighted by atomic mass is 16.5. The molecule has 28 heavy (non-hydrogen) atoms. The summed E-state index contributed by atoms with van der Waals surface area (Å²) in [4.78, 5) is 24.2. The number of nitrogens with one attached hydrogen (secondary N) is 2. The van der Waals surface area contributed by atoms with Crippen LogP contribution in [0.3, 0.4) is 0 Å². The third-order valence-electron chi connectivity index (χ3n) is 3.85. The number of aromatic nitrogens is 2. The fourth-order valence-electron chi connectivity index (χ4n) is 2.47. The first-order chi connectivity index (χ1) is 13.6. The van der Waals surface area contributed by atoms with Gasteiger partial charge in [-0.2, -0.15) is 0 Å². The van der Waals surface area contributed by atoms with Crippen molar-refractivity contribution < 1.29 is 19.1 Å². The molecule has 0 bridgehead atoms. The van der Waals surface area contributed by atoms with E-state index in [0.717, 1.165) is 5.69 Å². The third-order valence-corrected chi connectivity index (χ3v) is 3.85. The van der Waals surface area contributed by atoms with Gasteiger partial charge < -0.3 is 20.1 Å². The van der Waals surface area contributed by atoms with E-state index in [-0.39, 0.29) is 11.3 Å². The number of hydrogen-bond donors (Lipinski definition) is 2. The Balaban J connectivity index is 1.73. The second kappa shape index (κ2) is 8.63. The molecule has 3 rings (SSSR count). The maximum Gasteiger partial charge on any atom is 0.339 e. The zero-order valence-electron chi connectivity index (χ0n) is 15.3. The van der Waals surface area contributed by atoms with Gasteiger partial charge in [0.25, 0.3) is 5.91 Å². The summed E-state index contributed by atoms with van der Waals surface area (Å²) in [6, 6.07) is 17.1. The average molecular weight is 378 g/mol. The molecule has 2 aromatic carbocycles. The summed E-state index contributed by atoms with van der Waals surface area (Å²) in [5.41, 5.74) is 1.41. The quantitative estimate of drug-likeness (QED) is 0.635. The van der Waals surface area contributed by atoms with Gasteiger partial charge in [0, 0.05) is 0 Å². The van der Waals surface area contributed by atoms with Crippen LogP contribution in [0.2, 0.25) is 0 Å². The molecule has 0 aliphatic rings. The molecule has 0 spiro atoms. The van der Waals surface area contributed by atoms with E-state index in [1.165, 1.54) is 13.2 Å². The molecule has 2 N–H and O–H groups in total. The Kier molecular flexibility index (Phi) is 5.81. The van der Waals surface area contributed by atoms with Crippen LogP contribution >= 0.6 is 0 Å². The second-order valence-corrected chi connectivity index (χ2v) is 5.62. The summed E-state index contributed by atoms with van der Waals surface area (Å²) in [7, 11) is 2.85. The molecule has 0 atom stereocenters. The van der Waals surface area contributed by atoms with Crippen molar-refractivity contribution in [1.82, 2.24) is 10.2 Å². The summed E-state index contributed by atoms with van der Waals surface area (Å²) in [5.74, 6) is 0.0765. The molecule has 0 fully saturated rings. The van der Waals surface area contributed by atoms with Gasteiger partial charge in [0.05, 0.1) is 31.2 Å². The van der Waals surface area contributed by atoms with Crippen LogP contribution in [0.5, 0.6) is 5.75 Å². The van der Waals surface area contributed by atoms with Crippen molar-refractivity contribution in [2.75, 3.05) is 24.9 Å². The smallest absolute Gasteiger partial charge is 0.339 e. The van der Waals surface area contributed by atoms with Crippen LogP contribution in [-0.4, -0.2) is 36.3 Å². The van der Waals surface area contributed by atoms with Crippen LogP contribution in [-0.2, 0) is 4.74 Å². The highest BCUT2D eigenvalue weighted by Crippen LogP contribution is 2.26. The summed E-state index contributed by atoms with van der Waals surface area (Å²) in [5, 5.41) is 13.7. The molecule has 1 heterocycles. The van der Waals surface area contributed by atoms with Gasteiger partial charge in [0.1, 0.15) is 5.75 Å². The van der Waals surface area contributed by atoms with Crippen LogP contribution in [0.25, 0.3) is 0 Å². The molecule has 142 valence electrons. The first-order valence-corrected chi connectivity index (χ1v) is 8.35. The van der Waals surface area contributed by atoms with Crippen LogP contribution in [0.4, 0.5) is 17.2 Å². The number of carbonyl (C=O) groups is 2. The lowest BCUT2D eigenvalue weighted by molar-refractivity contribution is 0.0602. The van der Waals surface area contributed by atoms with E-state index in [1.54, 1.807) is 37.4 Å². The van der Waals surface area contributed by atoms with Crippen molar-refractivity contribution in [3.05, 3.63) is 71.9 Å². The molecule has 1 aromatic heterocycles. The molecule has 0 unspecified atom stereocenters. The van der Waals surface area contributed by atoms with Crippen molar-refractivity contribution in [3.63, 3.8) is 0 Å². The van der Waals surface area contributed by atoms with Gasteiger partial charge in [0.2, 0.25) is 0 Å². The SMILES string of the molecule is COC(=O)c1ccccc1NC(=O)c1ccc(Nc2ccccc2OC)nn1. The largest absolute Gasteiger partial charge is 0.495 e. The minimum absolute atomic E-state index is 0.102. The lowest BCUT2D eigenvalue weighted by Crippen LogP contribution is -2.17. The molecule has 8 heteroatoms. The van der Waals surface area contributed by atoms with Crippen molar-refractivity contribution >= 4 is 29.1 Å². The number of anilines is 3. The van der Waals surface area contributed by atoms with E-state index < -0.39 is 11.9 Å². The molecular weight excluding hydrogens is 360 g/mol. The topological polar surface area (TPSA) is 102 Å². The highest BCUT2D eigenvalue weighted by Gasteiger charge is 2.15. The van der Waals surface area contributed by atoms with Gasteiger partial charge in [0.15, 0.2) is 11.5 Å². The van der Waals surface area contributed by atoms with Crippen molar-refractivity contribution in [1.29, 1.82) is 0 Å². The van der Waals surface area contributed by atoms with Gasteiger partial charge in [-0.1, -0.05) is 24.3 Å². The number of nitrogens with zero attached hydrogens (tertiary/aromatic N) is 2. The van der Waals surface area contributed by atoms with Crippen molar-refractivity contribution in [2.24, 2.45) is 0 Å². The van der Waals surface area contributed by atoms with Crippen LogP contribution < -0.4 is 15.4 Å². The Morgan fingerprint density at radius 2 is 1.57 bits per heavy atom. The van der Waals surface area contributed by atoms with Crippen LogP contribution in [0.15, 0.2) is 60.7 Å². The predicted molar refractivity (Wildman–Crippen MR) is 104 cm³/mol. The van der Waals surface area contributed by atoms with Gasteiger partial charge in [-0.25, -0.2) is 4.79 Å². The molecule has 0 aliphatic carbocycles. The second-order valence-electron chi connectivity index (χ2n) is 5.62. The minimum Gasteiger partial charge on any atom is -0.495 e. The van der Waals surface area contributed by atoms with Crippen molar-refractivity contribution in [3.8, 4) is 5.75 Å². The Bertz CT molecular complexity index is 990. The molecular formula is C20H18N4O4. The molecule has 3 aromatic rings. The van der Waals surface area contributed by atoms with E-state index in [1.807, 2.05) is 24.3 Å². The normalized spacial score (nSPS) is 10.1. The van der Waals surface area contributed by atoms with Crippen molar-refractivity contribution in [2.45, 2.75) is 0 Å². The lowest BCUT2D eigenvalue weighted by atomic mass is 10.1. The standard InChI is InChI=1S/C20H18N4O4/c1-27-17-10-6-5-9-15(17)21-18-12-11-16(23-24-18)19(25)22-14-8-4-3-7-13(14)20(26)28-2/h3-12H,1-2H3,(H,21,24)(H,22,25). The molecule has 8 nitrogen and oxygen atoms in total. The average Bonchev–Trinajstić information content (AvgIpc) is 2.74. The van der Waals surface area contributed by atoms with Crippen LogP contribution in [0, 0.1) is 0 Å². The molecule has 1 amide bonds. The highest BCUT2D eigenvalue weighted by molar-refractivity contribution is 6.07. The maximum absolute atomic E-state index is 12.4. The van der Waals surface area contributed by atoms with Gasteiger partial charge >= 0.3 is 5.97 Å². The number of amides is 1. The fourth-order valence-corrected chi connectivity index (χ4v) is 2.47. The van der Waals surface area contributed by atoms with Gasteiger partial charge in [-0.15, -0.1) is 10.2 Å². The van der Waals surface area contributed by atoms with E-state index in [9.17, 15) is 9.59 Å². The Morgan fingerprint density at radius 3 is 2.25 bits per heavy atom. The number of methoxy groups -OCH3 is 2. The monoisotopic (exact) mass is 378 g/mol. The Hall–Kier alpha value is -3.94. The van der Waals surface area contributed by atoms with Gasteiger partial charge in [-0.05, 0) is 36.4 Å². The minimum atomic E-state index is -0.543. The van der Waals surface area contributed by atoms with E-state index in [2.05, 4.69) is 20.8 Å². The molecule has 0 radical (unpaired) electrons. The molecule has 0 saturated heterocycles. The number of esters is 1. The van der Waals surface area contributed by atoms with E-state index in [4.69, 9.17) is 9.47 Å². The van der Waals surface area contributed by atoms with Gasteiger partial charge in [-0.3, -0.25) is 4.79 Å². The molecule has 0 saturated carbocycles. The first-order valence-electron chi connectivity index (χ1n) is 8.35. The number of ether oxygens (including phenoxy) is 2. The zero-order chi connectivity index (χ0) is 19.9. The lowest BCUT2D eigenvalue weighted by Gasteiger charge is -2.11. The number of rotatable bonds is 6. The number of carbonyl (C=O) groups excluding carboxylic acids is 2. The zero-order valence-corrected chi connectivity index (χ0v) is 15.3. The Morgan fingerprint density at radius 1 is 0.857 bits per heavy atom. The summed E-state index contributed by atoms with van der Waals surface area (Å²) in [6.07, 6.45) is 0. The number of hydrogen-bond acceptors (Lipinski definition) is 7. The first kappa shape index (κ1) is 18.8. The number of benzene rings is 2. The maximum atomic E-state index is 12.4. The summed E-state index contributed by atoms with van der Waals surface area (Å²) in [6.45, 7) is 0. The number of para-hydroxylation sites is 3. The molecule has 0 aliphatic heterocycles. The van der Waals surface area contributed by atoms with E-state index in [0.29, 0.717) is 17.3 Å². The van der Waals surface area contributed by atoms with E-state index >= 15 is 0 Å². The Labute approximate surface area is 161 Å².